The van der Waals surface area contributed by atoms with Crippen LogP contribution < -0.4 is 4.74 Å². The number of rotatable bonds is 6. The van der Waals surface area contributed by atoms with Crippen molar-refractivity contribution in [3.63, 3.8) is 0 Å². The summed E-state index contributed by atoms with van der Waals surface area (Å²) in [7, 11) is 1.57. The summed E-state index contributed by atoms with van der Waals surface area (Å²) < 4.78 is 10.8. The number of carbonyl (C=O) groups excluding carboxylic acids is 1. The average molecular weight is 320 g/mol. The van der Waals surface area contributed by atoms with Gasteiger partial charge in [0.25, 0.3) is 0 Å². The van der Waals surface area contributed by atoms with Gasteiger partial charge in [-0.2, -0.15) is 0 Å². The topological polar surface area (TPSA) is 35.5 Å². The lowest BCUT2D eigenvalue weighted by atomic mass is 9.93. The first-order valence-electron chi connectivity index (χ1n) is 7.90. The van der Waals surface area contributed by atoms with Crippen molar-refractivity contribution in [3.8, 4) is 5.75 Å². The lowest BCUT2D eigenvalue weighted by Crippen LogP contribution is -2.04. The molecule has 0 amide bonds. The van der Waals surface area contributed by atoms with Crippen molar-refractivity contribution in [2.75, 3.05) is 13.9 Å². The molecule has 3 rings (SSSR count). The zero-order chi connectivity index (χ0) is 16.9. The Hall–Kier alpha value is -2.65. The van der Waals surface area contributed by atoms with Gasteiger partial charge in [-0.25, -0.2) is 0 Å². The highest BCUT2D eigenvalue weighted by atomic mass is 16.7. The van der Waals surface area contributed by atoms with Crippen molar-refractivity contribution in [1.82, 2.24) is 0 Å². The molecule has 3 heteroatoms. The summed E-state index contributed by atoms with van der Waals surface area (Å²) in [6, 6.07) is 18.3. The summed E-state index contributed by atoms with van der Waals surface area (Å²) in [5, 5.41) is 2.08. The quantitative estimate of drug-likeness (QED) is 0.494. The molecule has 24 heavy (non-hydrogen) atoms. The van der Waals surface area contributed by atoms with Crippen LogP contribution in [0.2, 0.25) is 0 Å². The summed E-state index contributed by atoms with van der Waals surface area (Å²) in [5.41, 5.74) is 3.97. The van der Waals surface area contributed by atoms with E-state index < -0.39 is 0 Å². The van der Waals surface area contributed by atoms with Crippen LogP contribution in [0.1, 0.15) is 27.0 Å². The van der Waals surface area contributed by atoms with Gasteiger partial charge in [-0.05, 0) is 41.5 Å². The zero-order valence-corrected chi connectivity index (χ0v) is 13.9. The standard InChI is InChI=1S/C21H20O3/c1-15-11-18(13-22)21(24-14-23-2)20-17(9-6-10-19(15)20)12-16-7-4-3-5-8-16/h3-11,13H,12,14H2,1-2H3. The predicted octanol–water partition coefficient (Wildman–Crippen LogP) is 4.53. The molecule has 0 saturated carbocycles. The average Bonchev–Trinajstić information content (AvgIpc) is 2.62. The zero-order valence-electron chi connectivity index (χ0n) is 13.9. The number of hydrogen-bond acceptors (Lipinski definition) is 3. The Morgan fingerprint density at radius 1 is 1.04 bits per heavy atom. The highest BCUT2D eigenvalue weighted by molar-refractivity contribution is 6.00. The van der Waals surface area contributed by atoms with Gasteiger partial charge >= 0.3 is 0 Å². The first-order chi connectivity index (χ1) is 11.7. The number of fused-ring (bicyclic) bond motifs is 1. The number of benzene rings is 3. The second-order valence-corrected chi connectivity index (χ2v) is 5.78. The van der Waals surface area contributed by atoms with E-state index >= 15 is 0 Å². The molecule has 3 nitrogen and oxygen atoms in total. The summed E-state index contributed by atoms with van der Waals surface area (Å²) in [4.78, 5) is 11.5. The number of aldehydes is 1. The van der Waals surface area contributed by atoms with Gasteiger partial charge in [-0.3, -0.25) is 4.79 Å². The molecule has 0 heterocycles. The third kappa shape index (κ3) is 3.17. The third-order valence-corrected chi connectivity index (χ3v) is 4.12. The van der Waals surface area contributed by atoms with Crippen LogP contribution in [0.15, 0.2) is 54.6 Å². The molecule has 3 aromatic rings. The largest absolute Gasteiger partial charge is 0.466 e. The van der Waals surface area contributed by atoms with Crippen LogP contribution in [0.5, 0.6) is 5.75 Å². The maximum absolute atomic E-state index is 11.5. The Kier molecular flexibility index (Phi) is 4.92. The number of ether oxygens (including phenoxy) is 2. The lowest BCUT2D eigenvalue weighted by molar-refractivity contribution is 0.0516. The van der Waals surface area contributed by atoms with E-state index in [9.17, 15) is 4.79 Å². The van der Waals surface area contributed by atoms with Gasteiger partial charge in [0.15, 0.2) is 13.1 Å². The SMILES string of the molecule is COCOc1c(C=O)cc(C)c2cccc(Cc3ccccc3)c12. The van der Waals surface area contributed by atoms with E-state index in [2.05, 4.69) is 24.3 Å². The smallest absolute Gasteiger partial charge is 0.188 e. The summed E-state index contributed by atoms with van der Waals surface area (Å²) in [6.07, 6.45) is 1.63. The first kappa shape index (κ1) is 16.2. The molecule has 0 aliphatic heterocycles. The van der Waals surface area contributed by atoms with Gasteiger partial charge in [0, 0.05) is 12.5 Å². The van der Waals surface area contributed by atoms with E-state index in [0.29, 0.717) is 11.3 Å². The molecule has 122 valence electrons. The second-order valence-electron chi connectivity index (χ2n) is 5.78. The molecule has 0 spiro atoms. The van der Waals surface area contributed by atoms with E-state index in [-0.39, 0.29) is 6.79 Å². The molecule has 0 aromatic heterocycles. The molecule has 0 radical (unpaired) electrons. The van der Waals surface area contributed by atoms with E-state index in [1.54, 1.807) is 7.11 Å². The number of carbonyl (C=O) groups is 1. The maximum atomic E-state index is 11.5. The van der Waals surface area contributed by atoms with E-state index in [0.717, 1.165) is 34.6 Å². The molecule has 0 atom stereocenters. The molecule has 0 bridgehead atoms. The third-order valence-electron chi connectivity index (χ3n) is 4.12. The Morgan fingerprint density at radius 3 is 2.54 bits per heavy atom. The van der Waals surface area contributed by atoms with Crippen LogP contribution in [0, 0.1) is 6.92 Å². The summed E-state index contributed by atoms with van der Waals surface area (Å²) in [6.45, 7) is 2.13. The van der Waals surface area contributed by atoms with Crippen LogP contribution >= 0.6 is 0 Å². The number of hydrogen-bond donors (Lipinski definition) is 0. The highest BCUT2D eigenvalue weighted by Gasteiger charge is 2.15. The molecule has 0 unspecified atom stereocenters. The Balaban J connectivity index is 2.21. The molecule has 3 aromatic carbocycles. The summed E-state index contributed by atoms with van der Waals surface area (Å²) >= 11 is 0. The van der Waals surface area contributed by atoms with Crippen molar-refractivity contribution < 1.29 is 14.3 Å². The normalized spacial score (nSPS) is 10.8. The second kappa shape index (κ2) is 7.28. The fraction of sp³-hybridized carbons (Fsp3) is 0.190. The van der Waals surface area contributed by atoms with Crippen LogP contribution in [0.4, 0.5) is 0 Å². The van der Waals surface area contributed by atoms with Crippen molar-refractivity contribution in [2.45, 2.75) is 13.3 Å². The number of methoxy groups -OCH3 is 1. The number of aryl methyl sites for hydroxylation is 1. The van der Waals surface area contributed by atoms with E-state index in [1.807, 2.05) is 37.3 Å². The minimum atomic E-state index is 0.110. The van der Waals surface area contributed by atoms with Gasteiger partial charge in [0.05, 0.1) is 5.56 Å². The Labute approximate surface area is 141 Å². The van der Waals surface area contributed by atoms with Crippen LogP contribution in [0.25, 0.3) is 10.8 Å². The Bertz CT molecular complexity index is 854. The lowest BCUT2D eigenvalue weighted by Gasteiger charge is -2.16. The molecular weight excluding hydrogens is 300 g/mol. The van der Waals surface area contributed by atoms with Gasteiger partial charge < -0.3 is 9.47 Å². The summed E-state index contributed by atoms with van der Waals surface area (Å²) in [5.74, 6) is 0.596. The minimum Gasteiger partial charge on any atom is -0.466 e. The van der Waals surface area contributed by atoms with E-state index in [1.165, 1.54) is 5.56 Å². The van der Waals surface area contributed by atoms with Gasteiger partial charge in [0.1, 0.15) is 5.75 Å². The van der Waals surface area contributed by atoms with Crippen molar-refractivity contribution in [1.29, 1.82) is 0 Å². The predicted molar refractivity (Wildman–Crippen MR) is 95.8 cm³/mol. The monoisotopic (exact) mass is 320 g/mol. The first-order valence-corrected chi connectivity index (χ1v) is 7.90. The fourth-order valence-electron chi connectivity index (χ4n) is 3.04. The maximum Gasteiger partial charge on any atom is 0.188 e. The van der Waals surface area contributed by atoms with Crippen molar-refractivity contribution >= 4 is 17.1 Å². The molecule has 0 saturated heterocycles. The van der Waals surface area contributed by atoms with Crippen molar-refractivity contribution in [2.24, 2.45) is 0 Å². The minimum absolute atomic E-state index is 0.110. The Morgan fingerprint density at radius 2 is 1.83 bits per heavy atom. The van der Waals surface area contributed by atoms with Gasteiger partial charge in [0.2, 0.25) is 0 Å². The molecule has 0 aliphatic carbocycles. The molecule has 0 N–H and O–H groups in total. The molecule has 0 fully saturated rings. The molecular formula is C21H20O3. The fourth-order valence-corrected chi connectivity index (χ4v) is 3.04. The van der Waals surface area contributed by atoms with Gasteiger partial charge in [-0.1, -0.05) is 48.5 Å². The highest BCUT2D eigenvalue weighted by Crippen LogP contribution is 2.35. The van der Waals surface area contributed by atoms with Crippen LogP contribution in [0.3, 0.4) is 0 Å². The van der Waals surface area contributed by atoms with Crippen molar-refractivity contribution in [3.05, 3.63) is 76.9 Å². The molecule has 0 aliphatic rings. The van der Waals surface area contributed by atoms with E-state index in [4.69, 9.17) is 9.47 Å². The van der Waals surface area contributed by atoms with Crippen LogP contribution in [-0.2, 0) is 11.2 Å². The van der Waals surface area contributed by atoms with Gasteiger partial charge in [-0.15, -0.1) is 0 Å². The van der Waals surface area contributed by atoms with Crippen LogP contribution in [-0.4, -0.2) is 20.2 Å².